The number of ether oxygens (including phenoxy) is 5. The van der Waals surface area contributed by atoms with Crippen LogP contribution < -0.4 is 0 Å². The summed E-state index contributed by atoms with van der Waals surface area (Å²) >= 11 is 0. The number of fused-ring (bicyclic) bond motifs is 1. The van der Waals surface area contributed by atoms with Crippen molar-refractivity contribution in [3.63, 3.8) is 0 Å². The number of nitrogens with zero attached hydrogens (tertiary/aromatic N) is 2. The molecule has 3 fully saturated rings. The van der Waals surface area contributed by atoms with E-state index in [4.69, 9.17) is 28.7 Å². The molecule has 5 unspecified atom stereocenters. The molecule has 7 atom stereocenters. The highest BCUT2D eigenvalue weighted by molar-refractivity contribution is 5.80. The van der Waals surface area contributed by atoms with Crippen LogP contribution >= 0.6 is 0 Å². The Labute approximate surface area is 215 Å². The van der Waals surface area contributed by atoms with Crippen LogP contribution in [0.4, 0.5) is 0 Å². The van der Waals surface area contributed by atoms with Gasteiger partial charge in [0, 0.05) is 26.4 Å². The Morgan fingerprint density at radius 2 is 1.78 bits per heavy atom. The van der Waals surface area contributed by atoms with Crippen LogP contribution in [0.15, 0.2) is 70.6 Å². The quantitative estimate of drug-likeness (QED) is 0.400. The molecule has 2 aromatic rings. The second-order valence-corrected chi connectivity index (χ2v) is 9.81. The lowest BCUT2D eigenvalue weighted by atomic mass is 9.61. The maximum absolute atomic E-state index is 13.3. The molecule has 2 aliphatic heterocycles. The van der Waals surface area contributed by atoms with Crippen molar-refractivity contribution in [1.82, 2.24) is 0 Å². The van der Waals surface area contributed by atoms with E-state index in [2.05, 4.69) is 11.0 Å². The van der Waals surface area contributed by atoms with Gasteiger partial charge in [-0.3, -0.25) is 4.79 Å². The van der Waals surface area contributed by atoms with Gasteiger partial charge in [0.1, 0.15) is 17.2 Å². The Hall–Kier alpha value is -3.36. The topological polar surface area (TPSA) is 105 Å². The molecule has 9 heteroatoms. The van der Waals surface area contributed by atoms with Crippen molar-refractivity contribution in [2.24, 2.45) is 15.9 Å². The van der Waals surface area contributed by atoms with Crippen LogP contribution in [-0.4, -0.2) is 60.8 Å². The van der Waals surface area contributed by atoms with Crippen LogP contribution in [0.1, 0.15) is 31.4 Å². The van der Waals surface area contributed by atoms with Crippen LogP contribution in [0.2, 0.25) is 0 Å². The molecule has 2 saturated heterocycles. The number of rotatable bonds is 8. The van der Waals surface area contributed by atoms with Crippen molar-refractivity contribution in [3.8, 4) is 0 Å². The van der Waals surface area contributed by atoms with Gasteiger partial charge in [0.2, 0.25) is 0 Å². The molecule has 0 amide bonds. The maximum atomic E-state index is 13.3. The number of aliphatic imine (C=N–C) groups is 2. The van der Waals surface area contributed by atoms with E-state index in [0.717, 1.165) is 11.1 Å². The van der Waals surface area contributed by atoms with Crippen LogP contribution in [0.5, 0.6) is 0 Å². The number of esters is 2. The lowest BCUT2D eigenvalue weighted by molar-refractivity contribution is -0.253. The summed E-state index contributed by atoms with van der Waals surface area (Å²) in [5, 5.41) is 0. The van der Waals surface area contributed by atoms with Crippen molar-refractivity contribution in [2.45, 2.75) is 69.2 Å². The van der Waals surface area contributed by atoms with Crippen LogP contribution in [0, 0.1) is 5.92 Å². The number of hydrogen-bond acceptors (Lipinski definition) is 9. The molecule has 0 spiro atoms. The first-order valence-electron chi connectivity index (χ1n) is 12.3. The summed E-state index contributed by atoms with van der Waals surface area (Å²) in [7, 11) is 1.50. The highest BCUT2D eigenvalue weighted by Gasteiger charge is 2.76. The van der Waals surface area contributed by atoms with Gasteiger partial charge < -0.3 is 23.7 Å². The third-order valence-electron chi connectivity index (χ3n) is 7.33. The second-order valence-electron chi connectivity index (χ2n) is 9.81. The van der Waals surface area contributed by atoms with E-state index in [1.165, 1.54) is 14.0 Å². The summed E-state index contributed by atoms with van der Waals surface area (Å²) in [4.78, 5) is 34.5. The average molecular weight is 507 g/mol. The van der Waals surface area contributed by atoms with E-state index < -0.39 is 53.6 Å². The molecule has 0 radical (unpaired) electrons. The molecule has 2 heterocycles. The zero-order valence-corrected chi connectivity index (χ0v) is 21.0. The van der Waals surface area contributed by atoms with Gasteiger partial charge >= 0.3 is 11.9 Å². The summed E-state index contributed by atoms with van der Waals surface area (Å²) in [5.74, 6) is -1.59. The van der Waals surface area contributed by atoms with E-state index in [1.54, 1.807) is 6.92 Å². The Morgan fingerprint density at radius 1 is 1.11 bits per heavy atom. The molecule has 3 aliphatic rings. The first-order valence-corrected chi connectivity index (χ1v) is 12.3. The number of benzene rings is 2. The van der Waals surface area contributed by atoms with Gasteiger partial charge in [-0.05, 0) is 18.1 Å². The van der Waals surface area contributed by atoms with Crippen molar-refractivity contribution in [2.75, 3.05) is 7.11 Å². The minimum absolute atomic E-state index is 0.227. The minimum atomic E-state index is -1.23. The molecular formula is C28H30N2O7. The van der Waals surface area contributed by atoms with E-state index in [-0.39, 0.29) is 13.0 Å². The first-order chi connectivity index (χ1) is 17.9. The molecule has 5 rings (SSSR count). The zero-order valence-electron chi connectivity index (χ0n) is 21.0. The SMILES string of the molecule is COC1OC2C(=O)OC3C(OCc4ccccc4)[C@]2(N=C=NCc2ccccc2)C1C[C@]3(C)OC(C)=O. The molecule has 1 aliphatic carbocycles. The monoisotopic (exact) mass is 506 g/mol. The van der Waals surface area contributed by atoms with Crippen molar-refractivity contribution < 1.29 is 33.3 Å². The number of carbonyl (C=O) groups is 2. The van der Waals surface area contributed by atoms with E-state index in [9.17, 15) is 9.59 Å². The summed E-state index contributed by atoms with van der Waals surface area (Å²) in [6, 6.07) is 22.2. The summed E-state index contributed by atoms with van der Waals surface area (Å²) < 4.78 is 29.8. The molecule has 37 heavy (non-hydrogen) atoms. The van der Waals surface area contributed by atoms with Crippen molar-refractivity contribution in [3.05, 3.63) is 71.8 Å². The van der Waals surface area contributed by atoms with Crippen LogP contribution in [0.25, 0.3) is 0 Å². The normalized spacial score (nSPS) is 33.7. The first kappa shape index (κ1) is 25.3. The molecule has 0 aromatic heterocycles. The molecule has 9 nitrogen and oxygen atoms in total. The van der Waals surface area contributed by atoms with E-state index in [1.807, 2.05) is 60.7 Å². The van der Waals surface area contributed by atoms with Gasteiger partial charge in [-0.15, -0.1) is 0 Å². The van der Waals surface area contributed by atoms with Crippen molar-refractivity contribution in [1.29, 1.82) is 0 Å². The molecule has 194 valence electrons. The van der Waals surface area contributed by atoms with Gasteiger partial charge in [-0.2, -0.15) is 0 Å². The molecule has 2 aromatic carbocycles. The fourth-order valence-electron chi connectivity index (χ4n) is 5.77. The number of hydrogen-bond donors (Lipinski definition) is 0. The zero-order chi connectivity index (χ0) is 26.0. The Balaban J connectivity index is 1.57. The predicted molar refractivity (Wildman–Crippen MR) is 132 cm³/mol. The van der Waals surface area contributed by atoms with Gasteiger partial charge in [-0.1, -0.05) is 60.7 Å². The summed E-state index contributed by atoms with van der Waals surface area (Å²) in [5.41, 5.74) is -0.473. The van der Waals surface area contributed by atoms with E-state index >= 15 is 0 Å². The van der Waals surface area contributed by atoms with Gasteiger partial charge in [0.05, 0.1) is 19.2 Å². The standard InChI is InChI=1S/C28H30N2O7/c1-18(31)37-27(2)14-21-26(33-3)36-24-25(32)35-22(27)23(34-16-20-12-8-5-9-13-20)28(21,24)30-17-29-15-19-10-6-4-7-11-19/h4-13,21-24,26H,14-16H2,1-3H3/t21?,22?,23?,24?,26?,27-,28+/m0/s1. The Kier molecular flexibility index (Phi) is 6.96. The second kappa shape index (κ2) is 10.2. The van der Waals surface area contributed by atoms with Crippen molar-refractivity contribution >= 4 is 17.9 Å². The number of carbonyl (C=O) groups excluding carboxylic acids is 2. The van der Waals surface area contributed by atoms with Crippen LogP contribution in [-0.2, 0) is 46.4 Å². The highest BCUT2D eigenvalue weighted by Crippen LogP contribution is 2.57. The Morgan fingerprint density at radius 3 is 2.43 bits per heavy atom. The fraction of sp³-hybridized carbons (Fsp3) is 0.464. The maximum Gasteiger partial charge on any atom is 0.338 e. The smallest absolute Gasteiger partial charge is 0.338 e. The molecule has 1 saturated carbocycles. The van der Waals surface area contributed by atoms with Crippen LogP contribution in [0.3, 0.4) is 0 Å². The molecule has 0 N–H and O–H groups in total. The predicted octanol–water partition coefficient (Wildman–Crippen LogP) is 3.32. The lowest BCUT2D eigenvalue weighted by Gasteiger charge is -2.55. The Bertz CT molecular complexity index is 1200. The van der Waals surface area contributed by atoms with E-state index in [0.29, 0.717) is 6.54 Å². The van der Waals surface area contributed by atoms with Gasteiger partial charge in [0.25, 0.3) is 0 Å². The third kappa shape index (κ3) is 4.60. The summed E-state index contributed by atoms with van der Waals surface area (Å²) in [6.07, 6.45) is -3.32. The minimum Gasteiger partial charge on any atom is -0.455 e. The van der Waals surface area contributed by atoms with Gasteiger partial charge in [-0.25, -0.2) is 14.8 Å². The fourth-order valence-corrected chi connectivity index (χ4v) is 5.77. The van der Waals surface area contributed by atoms with Gasteiger partial charge in [0.15, 0.2) is 18.5 Å². The largest absolute Gasteiger partial charge is 0.455 e. The molecule has 2 bridgehead atoms. The third-order valence-corrected chi connectivity index (χ3v) is 7.33. The summed E-state index contributed by atoms with van der Waals surface area (Å²) in [6.45, 7) is 3.67. The lowest BCUT2D eigenvalue weighted by Crippen LogP contribution is -2.74. The average Bonchev–Trinajstić information content (AvgIpc) is 3.23. The number of methoxy groups -OCH3 is 1. The highest BCUT2D eigenvalue weighted by atomic mass is 16.7. The molecular weight excluding hydrogens is 476 g/mol.